The molecule has 0 aliphatic heterocycles. The highest BCUT2D eigenvalue weighted by atomic mass is 16.5. The number of rotatable bonds is 4. The molecule has 0 fully saturated rings. The maximum absolute atomic E-state index is 5.12. The van der Waals surface area contributed by atoms with Crippen LogP contribution in [0.2, 0.25) is 0 Å². The van der Waals surface area contributed by atoms with Gasteiger partial charge in [-0.25, -0.2) is 0 Å². The predicted molar refractivity (Wildman–Crippen MR) is 51.2 cm³/mol. The second-order valence-electron chi connectivity index (χ2n) is 2.52. The molecule has 70 valence electrons. The van der Waals surface area contributed by atoms with Crippen LogP contribution in [0, 0.1) is 0 Å². The van der Waals surface area contributed by atoms with Gasteiger partial charge in [0.25, 0.3) is 0 Å². The van der Waals surface area contributed by atoms with Gasteiger partial charge >= 0.3 is 0 Å². The van der Waals surface area contributed by atoms with E-state index in [1.165, 1.54) is 0 Å². The molecule has 3 nitrogen and oxygen atoms in total. The quantitative estimate of drug-likeness (QED) is 0.661. The fraction of sp³-hybridized carbons (Fsp3) is 0.300. The lowest BCUT2D eigenvalue weighted by molar-refractivity contribution is 0.352. The Labute approximate surface area is 78.0 Å². The molecule has 1 rings (SSSR count). The average Bonchev–Trinajstić information content (AvgIpc) is 2.18. The van der Waals surface area contributed by atoms with E-state index >= 15 is 0 Å². The van der Waals surface area contributed by atoms with Crippen molar-refractivity contribution < 1.29 is 9.47 Å². The van der Waals surface area contributed by atoms with Crippen LogP contribution in [0.15, 0.2) is 24.9 Å². The predicted octanol–water partition coefficient (Wildman–Crippen LogP) is 1.83. The van der Waals surface area contributed by atoms with Crippen molar-refractivity contribution in [1.82, 2.24) is 4.98 Å². The zero-order valence-electron chi connectivity index (χ0n) is 7.91. The van der Waals surface area contributed by atoms with Crippen molar-refractivity contribution in [3.05, 3.63) is 30.6 Å². The summed E-state index contributed by atoms with van der Waals surface area (Å²) in [5.74, 6) is 1.35. The molecule has 0 N–H and O–H groups in total. The normalized spacial score (nSPS) is 9.38. The summed E-state index contributed by atoms with van der Waals surface area (Å²) < 4.78 is 10.2. The minimum atomic E-state index is 0.648. The lowest BCUT2D eigenvalue weighted by Gasteiger charge is -2.07. The molecule has 1 aromatic rings. The molecule has 0 spiro atoms. The first kappa shape index (κ1) is 9.58. The van der Waals surface area contributed by atoms with Crippen molar-refractivity contribution in [1.29, 1.82) is 0 Å². The van der Waals surface area contributed by atoms with Gasteiger partial charge in [0.05, 0.1) is 20.4 Å². The van der Waals surface area contributed by atoms with E-state index in [-0.39, 0.29) is 0 Å². The topological polar surface area (TPSA) is 31.4 Å². The summed E-state index contributed by atoms with van der Waals surface area (Å²) in [4.78, 5) is 4.17. The van der Waals surface area contributed by atoms with Gasteiger partial charge in [0.2, 0.25) is 0 Å². The van der Waals surface area contributed by atoms with Crippen LogP contribution >= 0.6 is 0 Å². The Kier molecular flexibility index (Phi) is 3.31. The minimum absolute atomic E-state index is 0.648. The first-order chi connectivity index (χ1) is 6.31. The first-order valence-corrected chi connectivity index (χ1v) is 3.99. The van der Waals surface area contributed by atoms with E-state index in [1.54, 1.807) is 26.5 Å². The molecule has 0 saturated heterocycles. The highest BCUT2D eigenvalue weighted by Crippen LogP contribution is 2.25. The maximum atomic E-state index is 5.12. The molecule has 13 heavy (non-hydrogen) atoms. The van der Waals surface area contributed by atoms with Gasteiger partial charge in [-0.1, -0.05) is 6.08 Å². The van der Waals surface area contributed by atoms with Crippen LogP contribution in [0.25, 0.3) is 0 Å². The summed E-state index contributed by atoms with van der Waals surface area (Å²) in [6.45, 7) is 3.64. The van der Waals surface area contributed by atoms with Crippen molar-refractivity contribution in [3.8, 4) is 11.5 Å². The monoisotopic (exact) mass is 179 g/mol. The van der Waals surface area contributed by atoms with E-state index in [2.05, 4.69) is 11.6 Å². The highest BCUT2D eigenvalue weighted by molar-refractivity contribution is 5.39. The number of methoxy groups -OCH3 is 2. The van der Waals surface area contributed by atoms with Gasteiger partial charge in [-0.2, -0.15) is 0 Å². The van der Waals surface area contributed by atoms with Crippen molar-refractivity contribution in [3.63, 3.8) is 0 Å². The largest absolute Gasteiger partial charge is 0.493 e. The van der Waals surface area contributed by atoms with E-state index < -0.39 is 0 Å². The zero-order valence-corrected chi connectivity index (χ0v) is 7.91. The minimum Gasteiger partial charge on any atom is -0.493 e. The number of hydrogen-bond acceptors (Lipinski definition) is 3. The number of nitrogens with zero attached hydrogens (tertiary/aromatic N) is 1. The summed E-state index contributed by atoms with van der Waals surface area (Å²) >= 11 is 0. The van der Waals surface area contributed by atoms with Gasteiger partial charge in [-0.15, -0.1) is 6.58 Å². The third-order valence-electron chi connectivity index (χ3n) is 1.68. The van der Waals surface area contributed by atoms with Gasteiger partial charge in [-0.3, -0.25) is 4.98 Å². The molecule has 0 aromatic carbocycles. The number of allylic oxidation sites excluding steroid dienone is 1. The van der Waals surface area contributed by atoms with E-state index in [1.807, 2.05) is 6.07 Å². The Morgan fingerprint density at radius 3 is 2.62 bits per heavy atom. The Morgan fingerprint density at radius 1 is 1.38 bits per heavy atom. The molecular weight excluding hydrogens is 166 g/mol. The van der Waals surface area contributed by atoms with Crippen LogP contribution in [-0.2, 0) is 6.42 Å². The molecule has 0 radical (unpaired) electrons. The molecule has 0 bridgehead atoms. The standard InChI is InChI=1S/C10H13NO2/c1-4-5-8-6-9(12-2)10(13-3)7-11-8/h4,6-7H,1,5H2,2-3H3. The molecule has 1 aromatic heterocycles. The van der Waals surface area contributed by atoms with Crippen molar-refractivity contribution >= 4 is 0 Å². The van der Waals surface area contributed by atoms with E-state index in [4.69, 9.17) is 9.47 Å². The maximum Gasteiger partial charge on any atom is 0.179 e. The van der Waals surface area contributed by atoms with Gasteiger partial charge in [-0.05, 0) is 0 Å². The Balaban J connectivity index is 2.98. The summed E-state index contributed by atoms with van der Waals surface area (Å²) in [7, 11) is 3.20. The summed E-state index contributed by atoms with van der Waals surface area (Å²) in [5.41, 5.74) is 0.924. The molecule has 0 amide bonds. The van der Waals surface area contributed by atoms with Crippen LogP contribution < -0.4 is 9.47 Å². The smallest absolute Gasteiger partial charge is 0.179 e. The number of aromatic nitrogens is 1. The van der Waals surface area contributed by atoms with Gasteiger partial charge in [0.15, 0.2) is 11.5 Å². The van der Waals surface area contributed by atoms with Crippen LogP contribution in [-0.4, -0.2) is 19.2 Å². The molecule has 0 aliphatic carbocycles. The number of ether oxygens (including phenoxy) is 2. The number of pyridine rings is 1. The highest BCUT2D eigenvalue weighted by Gasteiger charge is 2.03. The summed E-state index contributed by atoms with van der Waals surface area (Å²) in [5, 5.41) is 0. The number of hydrogen-bond donors (Lipinski definition) is 0. The van der Waals surface area contributed by atoms with E-state index in [0.29, 0.717) is 11.5 Å². The van der Waals surface area contributed by atoms with Gasteiger partial charge in [0.1, 0.15) is 0 Å². The Hall–Kier alpha value is -1.51. The Bertz CT molecular complexity index is 297. The lowest BCUT2D eigenvalue weighted by atomic mass is 10.2. The fourth-order valence-electron chi connectivity index (χ4n) is 1.04. The molecule has 0 saturated carbocycles. The second-order valence-corrected chi connectivity index (χ2v) is 2.52. The van der Waals surface area contributed by atoms with Crippen LogP contribution in [0.1, 0.15) is 5.69 Å². The van der Waals surface area contributed by atoms with Crippen LogP contribution in [0.4, 0.5) is 0 Å². The van der Waals surface area contributed by atoms with E-state index in [9.17, 15) is 0 Å². The molecule has 0 atom stereocenters. The molecule has 0 aliphatic rings. The zero-order chi connectivity index (χ0) is 9.68. The fourth-order valence-corrected chi connectivity index (χ4v) is 1.04. The van der Waals surface area contributed by atoms with Gasteiger partial charge < -0.3 is 9.47 Å². The molecule has 0 unspecified atom stereocenters. The average molecular weight is 179 g/mol. The van der Waals surface area contributed by atoms with Crippen molar-refractivity contribution in [2.45, 2.75) is 6.42 Å². The Morgan fingerprint density at radius 2 is 2.08 bits per heavy atom. The third-order valence-corrected chi connectivity index (χ3v) is 1.68. The van der Waals surface area contributed by atoms with E-state index in [0.717, 1.165) is 12.1 Å². The summed E-state index contributed by atoms with van der Waals surface area (Å²) in [6, 6.07) is 1.85. The first-order valence-electron chi connectivity index (χ1n) is 3.99. The second kappa shape index (κ2) is 4.50. The third kappa shape index (κ3) is 2.21. The van der Waals surface area contributed by atoms with Gasteiger partial charge in [0, 0.05) is 18.2 Å². The molecule has 3 heteroatoms. The summed E-state index contributed by atoms with van der Waals surface area (Å²) in [6.07, 6.45) is 4.19. The van der Waals surface area contributed by atoms with Crippen molar-refractivity contribution in [2.24, 2.45) is 0 Å². The molecule has 1 heterocycles. The van der Waals surface area contributed by atoms with Crippen LogP contribution in [0.3, 0.4) is 0 Å². The van der Waals surface area contributed by atoms with Crippen molar-refractivity contribution in [2.75, 3.05) is 14.2 Å². The molecular formula is C10H13NO2. The van der Waals surface area contributed by atoms with Crippen LogP contribution in [0.5, 0.6) is 11.5 Å². The SMILES string of the molecule is C=CCc1cc(OC)c(OC)cn1. The lowest BCUT2D eigenvalue weighted by Crippen LogP contribution is -1.94.